The average Bonchev–Trinajstić information content (AvgIpc) is 3.28. The van der Waals surface area contributed by atoms with E-state index in [0.29, 0.717) is 10.6 Å². The van der Waals surface area contributed by atoms with Crippen LogP contribution in [0.3, 0.4) is 0 Å². The lowest BCUT2D eigenvalue weighted by Crippen LogP contribution is -2.35. The number of para-hydroxylation sites is 1. The Morgan fingerprint density at radius 1 is 1.14 bits per heavy atom. The Labute approximate surface area is 128 Å². The Morgan fingerprint density at radius 2 is 1.81 bits per heavy atom. The van der Waals surface area contributed by atoms with Gasteiger partial charge < -0.3 is 10.1 Å². The van der Waals surface area contributed by atoms with Crippen molar-refractivity contribution in [1.29, 1.82) is 0 Å². The molecule has 0 aliphatic heterocycles. The summed E-state index contributed by atoms with van der Waals surface area (Å²) >= 11 is 6.09. The maximum atomic E-state index is 12.5. The van der Waals surface area contributed by atoms with Crippen LogP contribution in [0.15, 0.2) is 48.5 Å². The molecule has 1 N–H and O–H groups in total. The van der Waals surface area contributed by atoms with Crippen molar-refractivity contribution in [1.82, 2.24) is 5.32 Å². The first-order valence-electron chi connectivity index (χ1n) is 6.87. The first kappa shape index (κ1) is 14.0. The molecule has 1 fully saturated rings. The predicted molar refractivity (Wildman–Crippen MR) is 82.8 cm³/mol. The highest BCUT2D eigenvalue weighted by molar-refractivity contribution is 6.33. The van der Waals surface area contributed by atoms with E-state index >= 15 is 0 Å². The van der Waals surface area contributed by atoms with Gasteiger partial charge in [-0.05, 0) is 31.0 Å². The molecule has 2 aromatic rings. The first-order chi connectivity index (χ1) is 10.2. The first-order valence-corrected chi connectivity index (χ1v) is 7.25. The zero-order chi connectivity index (χ0) is 14.9. The highest BCUT2D eigenvalue weighted by Gasteiger charge is 2.47. The van der Waals surface area contributed by atoms with Crippen LogP contribution in [0.25, 0.3) is 0 Å². The van der Waals surface area contributed by atoms with Gasteiger partial charge in [-0.3, -0.25) is 4.79 Å². The summed E-state index contributed by atoms with van der Waals surface area (Å²) < 4.78 is 5.41. The number of nitrogens with one attached hydrogen (secondary N) is 1. The lowest BCUT2D eigenvalue weighted by molar-refractivity contribution is 0.0930. The number of hydrogen-bond donors (Lipinski definition) is 1. The van der Waals surface area contributed by atoms with Gasteiger partial charge in [0.1, 0.15) is 5.75 Å². The van der Waals surface area contributed by atoms with Crippen molar-refractivity contribution in [3.05, 3.63) is 64.7 Å². The molecule has 1 aliphatic carbocycles. The SMILES string of the molecule is COc1ccccc1C1(NC(=O)c2ccccc2Cl)CC1. The molecule has 0 aromatic heterocycles. The van der Waals surface area contributed by atoms with Crippen molar-refractivity contribution >= 4 is 17.5 Å². The minimum atomic E-state index is -0.330. The minimum Gasteiger partial charge on any atom is -0.496 e. The Bertz CT molecular complexity index is 680. The zero-order valence-electron chi connectivity index (χ0n) is 11.7. The van der Waals surface area contributed by atoms with Gasteiger partial charge in [0.25, 0.3) is 5.91 Å². The van der Waals surface area contributed by atoms with Crippen LogP contribution >= 0.6 is 11.6 Å². The summed E-state index contributed by atoms with van der Waals surface area (Å²) in [7, 11) is 1.64. The molecule has 2 aromatic carbocycles. The number of methoxy groups -OCH3 is 1. The third kappa shape index (κ3) is 2.61. The molecule has 3 nitrogen and oxygen atoms in total. The van der Waals surface area contributed by atoms with E-state index in [2.05, 4.69) is 5.32 Å². The van der Waals surface area contributed by atoms with E-state index < -0.39 is 0 Å². The molecule has 1 amide bonds. The molecule has 0 spiro atoms. The summed E-state index contributed by atoms with van der Waals surface area (Å²) in [4.78, 5) is 12.5. The van der Waals surface area contributed by atoms with Gasteiger partial charge in [-0.2, -0.15) is 0 Å². The lowest BCUT2D eigenvalue weighted by Gasteiger charge is -2.20. The van der Waals surface area contributed by atoms with E-state index in [1.54, 1.807) is 19.2 Å². The van der Waals surface area contributed by atoms with Crippen molar-refractivity contribution in [3.8, 4) is 5.75 Å². The molecule has 0 atom stereocenters. The maximum Gasteiger partial charge on any atom is 0.253 e. The van der Waals surface area contributed by atoms with E-state index in [9.17, 15) is 4.79 Å². The van der Waals surface area contributed by atoms with E-state index in [1.807, 2.05) is 36.4 Å². The van der Waals surface area contributed by atoms with Crippen molar-refractivity contribution in [3.63, 3.8) is 0 Å². The summed E-state index contributed by atoms with van der Waals surface area (Å²) in [5.41, 5.74) is 1.19. The Morgan fingerprint density at radius 3 is 2.48 bits per heavy atom. The zero-order valence-corrected chi connectivity index (χ0v) is 12.5. The second-order valence-corrected chi connectivity index (χ2v) is 5.62. The Balaban J connectivity index is 1.88. The second-order valence-electron chi connectivity index (χ2n) is 5.22. The average molecular weight is 302 g/mol. The molecule has 0 saturated heterocycles. The Hall–Kier alpha value is -2.00. The number of benzene rings is 2. The van der Waals surface area contributed by atoms with E-state index in [4.69, 9.17) is 16.3 Å². The van der Waals surface area contributed by atoms with Crippen LogP contribution in [0.4, 0.5) is 0 Å². The minimum absolute atomic E-state index is 0.149. The van der Waals surface area contributed by atoms with E-state index in [-0.39, 0.29) is 11.4 Å². The summed E-state index contributed by atoms with van der Waals surface area (Å²) in [5.74, 6) is 0.651. The van der Waals surface area contributed by atoms with Crippen LogP contribution in [0.5, 0.6) is 5.75 Å². The molecule has 1 aliphatic rings. The smallest absolute Gasteiger partial charge is 0.253 e. The second kappa shape index (κ2) is 5.41. The predicted octanol–water partition coefficient (Wildman–Crippen LogP) is 3.77. The summed E-state index contributed by atoms with van der Waals surface area (Å²) in [6, 6.07) is 14.9. The van der Waals surface area contributed by atoms with Gasteiger partial charge in [0, 0.05) is 5.56 Å². The van der Waals surface area contributed by atoms with Crippen molar-refractivity contribution in [2.45, 2.75) is 18.4 Å². The van der Waals surface area contributed by atoms with Crippen LogP contribution in [-0.4, -0.2) is 13.0 Å². The number of halogens is 1. The molecule has 21 heavy (non-hydrogen) atoms. The van der Waals surface area contributed by atoms with Crippen LogP contribution in [0.2, 0.25) is 5.02 Å². The molecule has 0 heterocycles. The van der Waals surface area contributed by atoms with Crippen LogP contribution in [0, 0.1) is 0 Å². The largest absolute Gasteiger partial charge is 0.496 e. The molecule has 0 radical (unpaired) electrons. The maximum absolute atomic E-state index is 12.5. The van der Waals surface area contributed by atoms with Gasteiger partial charge in [0.15, 0.2) is 0 Å². The number of hydrogen-bond acceptors (Lipinski definition) is 2. The molecular weight excluding hydrogens is 286 g/mol. The molecular formula is C17H16ClNO2. The fourth-order valence-corrected chi connectivity index (χ4v) is 2.78. The molecule has 4 heteroatoms. The van der Waals surface area contributed by atoms with Crippen LogP contribution in [-0.2, 0) is 5.54 Å². The third-order valence-corrected chi connectivity index (χ3v) is 4.17. The van der Waals surface area contributed by atoms with Gasteiger partial charge in [-0.1, -0.05) is 41.9 Å². The summed E-state index contributed by atoms with van der Waals surface area (Å²) in [6.45, 7) is 0. The van der Waals surface area contributed by atoms with E-state index in [1.165, 1.54) is 0 Å². The number of rotatable bonds is 4. The molecule has 3 rings (SSSR count). The fraction of sp³-hybridized carbons (Fsp3) is 0.235. The third-order valence-electron chi connectivity index (χ3n) is 3.84. The number of carbonyl (C=O) groups is 1. The molecule has 1 saturated carbocycles. The van der Waals surface area contributed by atoms with Crippen LogP contribution < -0.4 is 10.1 Å². The van der Waals surface area contributed by atoms with Crippen molar-refractivity contribution in [2.75, 3.05) is 7.11 Å². The standard InChI is InChI=1S/C17H16ClNO2/c1-21-15-9-5-3-7-13(15)17(10-11-17)19-16(20)12-6-2-4-8-14(12)18/h2-9H,10-11H2,1H3,(H,19,20). The Kier molecular flexibility index (Phi) is 3.60. The quantitative estimate of drug-likeness (QED) is 0.933. The number of ether oxygens (including phenoxy) is 1. The normalized spacial score (nSPS) is 15.3. The fourth-order valence-electron chi connectivity index (χ4n) is 2.56. The van der Waals surface area contributed by atoms with Gasteiger partial charge >= 0.3 is 0 Å². The highest BCUT2D eigenvalue weighted by Crippen LogP contribution is 2.49. The molecule has 0 bridgehead atoms. The van der Waals surface area contributed by atoms with E-state index in [0.717, 1.165) is 24.2 Å². The van der Waals surface area contributed by atoms with Gasteiger partial charge in [0.05, 0.1) is 23.2 Å². The van der Waals surface area contributed by atoms with Gasteiger partial charge in [-0.25, -0.2) is 0 Å². The molecule has 0 unspecified atom stereocenters. The van der Waals surface area contributed by atoms with Crippen molar-refractivity contribution < 1.29 is 9.53 Å². The molecule has 108 valence electrons. The van der Waals surface area contributed by atoms with Gasteiger partial charge in [0.2, 0.25) is 0 Å². The summed E-state index contributed by atoms with van der Waals surface area (Å²) in [6.07, 6.45) is 1.81. The number of amides is 1. The monoisotopic (exact) mass is 301 g/mol. The van der Waals surface area contributed by atoms with Gasteiger partial charge in [-0.15, -0.1) is 0 Å². The topological polar surface area (TPSA) is 38.3 Å². The lowest BCUT2D eigenvalue weighted by atomic mass is 10.0. The van der Waals surface area contributed by atoms with Crippen molar-refractivity contribution in [2.24, 2.45) is 0 Å². The summed E-state index contributed by atoms with van der Waals surface area (Å²) in [5, 5.41) is 3.58. The van der Waals surface area contributed by atoms with Crippen LogP contribution in [0.1, 0.15) is 28.8 Å². The highest BCUT2D eigenvalue weighted by atomic mass is 35.5. The number of carbonyl (C=O) groups excluding carboxylic acids is 1.